The van der Waals surface area contributed by atoms with Gasteiger partial charge in [0, 0.05) is 6.42 Å². The molecular formula is C64H117NO18. The Morgan fingerprint density at radius 2 is 0.771 bits per heavy atom. The first-order valence-corrected chi connectivity index (χ1v) is 32.7. The fourth-order valence-corrected chi connectivity index (χ4v) is 11.0. The van der Waals surface area contributed by atoms with Crippen LogP contribution in [0.25, 0.3) is 0 Å². The number of amides is 1. The van der Waals surface area contributed by atoms with Gasteiger partial charge in [-0.05, 0) is 38.5 Å². The average molecular weight is 1190 g/mol. The number of ether oxygens (including phenoxy) is 6. The molecule has 17 unspecified atom stereocenters. The van der Waals surface area contributed by atoms with Gasteiger partial charge < -0.3 is 89.9 Å². The smallest absolute Gasteiger partial charge is 0.220 e. The van der Waals surface area contributed by atoms with E-state index in [1.807, 2.05) is 6.08 Å². The highest BCUT2D eigenvalue weighted by molar-refractivity contribution is 5.76. The van der Waals surface area contributed by atoms with Crippen molar-refractivity contribution in [3.63, 3.8) is 0 Å². The second-order valence-corrected chi connectivity index (χ2v) is 23.6. The number of aliphatic hydroxyl groups is 11. The molecule has 3 saturated heterocycles. The van der Waals surface area contributed by atoms with Gasteiger partial charge >= 0.3 is 0 Å². The summed E-state index contributed by atoms with van der Waals surface area (Å²) in [5, 5.41) is 120. The predicted molar refractivity (Wildman–Crippen MR) is 319 cm³/mol. The van der Waals surface area contributed by atoms with Gasteiger partial charge in [0.2, 0.25) is 5.91 Å². The van der Waals surface area contributed by atoms with Crippen molar-refractivity contribution in [3.05, 3.63) is 36.5 Å². The summed E-state index contributed by atoms with van der Waals surface area (Å²) in [7, 11) is 0. The molecule has 3 aliphatic rings. The Labute approximate surface area is 498 Å². The molecule has 486 valence electrons. The number of nitrogens with one attached hydrogen (secondary N) is 1. The standard InChI is InChI=1S/C64H117NO18/c1-3-5-7-9-11-13-15-17-18-19-20-21-22-23-24-25-26-27-28-29-30-32-34-36-38-40-42-52(70)65-47(48(69)41-39-37-35-33-31-16-14-12-10-8-6-4-2)46-78-62-58(76)55(73)60(50(44-67)80-62)83-64-59(77)56(74)61(51(45-68)81-64)82-63-57(75)54(72)53(71)49(43-66)79-63/h10,12,31,33,39,41,47-51,53-64,66-69,71-77H,3-9,11,13-30,32,34-38,40,42-46H2,1-2H3,(H,65,70)/b12-10+,33-31+,41-39+. The fraction of sp³-hybridized carbons (Fsp3) is 0.891. The van der Waals surface area contributed by atoms with Crippen LogP contribution in [0.5, 0.6) is 0 Å². The zero-order valence-corrected chi connectivity index (χ0v) is 50.9. The van der Waals surface area contributed by atoms with Gasteiger partial charge in [-0.25, -0.2) is 0 Å². The van der Waals surface area contributed by atoms with E-state index in [9.17, 15) is 61.0 Å². The number of hydrogen-bond acceptors (Lipinski definition) is 18. The SMILES string of the molecule is CCCC/C=C/CC/C=C/CC/C=C/C(O)C(COC1OC(CO)C(OC2OC(CO)C(OC3OC(CO)C(O)C(O)C3O)C(O)C2O)C(O)C1O)NC(=O)CCCCCCCCCCCCCCCCCCCCCCCCCCCC. The molecule has 0 saturated carbocycles. The first-order chi connectivity index (χ1) is 40.3. The van der Waals surface area contributed by atoms with Crippen LogP contribution in [0, 0.1) is 0 Å². The van der Waals surface area contributed by atoms with Crippen LogP contribution in [0.2, 0.25) is 0 Å². The van der Waals surface area contributed by atoms with E-state index in [-0.39, 0.29) is 18.9 Å². The Balaban J connectivity index is 1.42. The van der Waals surface area contributed by atoms with Gasteiger partial charge in [-0.3, -0.25) is 4.79 Å². The van der Waals surface area contributed by atoms with Crippen LogP contribution in [0.3, 0.4) is 0 Å². The molecule has 3 heterocycles. The highest BCUT2D eigenvalue weighted by Crippen LogP contribution is 2.33. The summed E-state index contributed by atoms with van der Waals surface area (Å²) in [6, 6.07) is -0.992. The van der Waals surface area contributed by atoms with Crippen molar-refractivity contribution in [2.24, 2.45) is 0 Å². The van der Waals surface area contributed by atoms with Gasteiger partial charge in [0.25, 0.3) is 0 Å². The molecule has 83 heavy (non-hydrogen) atoms. The van der Waals surface area contributed by atoms with Crippen LogP contribution in [-0.2, 0) is 33.2 Å². The number of allylic oxidation sites excluding steroid dienone is 5. The Kier molecular flexibility index (Phi) is 42.7. The van der Waals surface area contributed by atoms with Crippen molar-refractivity contribution in [1.82, 2.24) is 5.32 Å². The summed E-state index contributed by atoms with van der Waals surface area (Å²) in [6.45, 7) is 1.66. The van der Waals surface area contributed by atoms with Gasteiger partial charge in [-0.2, -0.15) is 0 Å². The first kappa shape index (κ1) is 75.3. The minimum Gasteiger partial charge on any atom is -0.394 e. The van der Waals surface area contributed by atoms with E-state index in [4.69, 9.17) is 28.4 Å². The summed E-state index contributed by atoms with van der Waals surface area (Å²) < 4.78 is 34.2. The topological polar surface area (TPSA) is 307 Å². The second kappa shape index (κ2) is 47.1. The van der Waals surface area contributed by atoms with Gasteiger partial charge in [-0.15, -0.1) is 0 Å². The van der Waals surface area contributed by atoms with Crippen molar-refractivity contribution in [2.75, 3.05) is 26.4 Å². The van der Waals surface area contributed by atoms with Gasteiger partial charge in [-0.1, -0.05) is 224 Å². The quantitative estimate of drug-likeness (QED) is 0.0211. The van der Waals surface area contributed by atoms with Crippen LogP contribution in [0.15, 0.2) is 36.5 Å². The molecule has 1 amide bonds. The lowest BCUT2D eigenvalue weighted by Gasteiger charge is -2.48. The lowest BCUT2D eigenvalue weighted by molar-refractivity contribution is -0.379. The van der Waals surface area contributed by atoms with E-state index < -0.39 is 124 Å². The van der Waals surface area contributed by atoms with Crippen molar-refractivity contribution in [3.8, 4) is 0 Å². The molecule has 19 heteroatoms. The van der Waals surface area contributed by atoms with Crippen molar-refractivity contribution >= 4 is 5.91 Å². The number of aliphatic hydroxyl groups excluding tert-OH is 11. The molecule has 3 aliphatic heterocycles. The van der Waals surface area contributed by atoms with E-state index >= 15 is 0 Å². The number of carbonyl (C=O) groups excluding carboxylic acids is 1. The maximum absolute atomic E-state index is 13.3. The van der Waals surface area contributed by atoms with Crippen molar-refractivity contribution < 1.29 is 89.4 Å². The van der Waals surface area contributed by atoms with Crippen LogP contribution in [0.4, 0.5) is 0 Å². The maximum Gasteiger partial charge on any atom is 0.220 e. The lowest BCUT2D eigenvalue weighted by Crippen LogP contribution is -2.66. The third-order valence-corrected chi connectivity index (χ3v) is 16.4. The molecule has 17 atom stereocenters. The molecular weight excluding hydrogens is 1070 g/mol. The normalized spacial score (nSPS) is 29.6. The molecule has 0 bridgehead atoms. The van der Waals surface area contributed by atoms with Crippen LogP contribution in [-0.4, -0.2) is 193 Å². The minimum absolute atomic E-state index is 0.235. The van der Waals surface area contributed by atoms with Gasteiger partial charge in [0.1, 0.15) is 73.2 Å². The summed E-state index contributed by atoms with van der Waals surface area (Å²) in [4.78, 5) is 13.3. The maximum atomic E-state index is 13.3. The Morgan fingerprint density at radius 1 is 0.422 bits per heavy atom. The van der Waals surface area contributed by atoms with Gasteiger partial charge in [0.05, 0.1) is 38.6 Å². The molecule has 0 radical (unpaired) electrons. The van der Waals surface area contributed by atoms with Crippen molar-refractivity contribution in [2.45, 2.75) is 336 Å². The molecule has 0 aliphatic carbocycles. The monoisotopic (exact) mass is 1190 g/mol. The van der Waals surface area contributed by atoms with E-state index in [0.717, 1.165) is 44.9 Å². The molecule has 0 aromatic rings. The average Bonchev–Trinajstić information content (AvgIpc) is 3.34. The third kappa shape index (κ3) is 30.2. The summed E-state index contributed by atoms with van der Waals surface area (Å²) in [5.74, 6) is -0.288. The Hall–Kier alpha value is -1.99. The minimum atomic E-state index is -1.98. The van der Waals surface area contributed by atoms with Crippen LogP contribution in [0.1, 0.15) is 232 Å². The molecule has 0 spiro atoms. The zero-order valence-electron chi connectivity index (χ0n) is 50.9. The second-order valence-electron chi connectivity index (χ2n) is 23.6. The van der Waals surface area contributed by atoms with E-state index in [2.05, 4.69) is 43.5 Å². The van der Waals surface area contributed by atoms with Crippen LogP contribution < -0.4 is 5.32 Å². The molecule has 19 nitrogen and oxygen atoms in total. The predicted octanol–water partition coefficient (Wildman–Crippen LogP) is 7.27. The molecule has 3 fully saturated rings. The van der Waals surface area contributed by atoms with E-state index in [1.165, 1.54) is 154 Å². The zero-order chi connectivity index (χ0) is 60.5. The van der Waals surface area contributed by atoms with E-state index in [0.29, 0.717) is 12.8 Å². The highest BCUT2D eigenvalue weighted by atomic mass is 16.8. The summed E-state index contributed by atoms with van der Waals surface area (Å²) in [6.07, 6.45) is 25.8. The van der Waals surface area contributed by atoms with E-state index in [1.54, 1.807) is 6.08 Å². The molecule has 0 aromatic carbocycles. The molecule has 12 N–H and O–H groups in total. The molecule has 0 aromatic heterocycles. The number of carbonyl (C=O) groups is 1. The fourth-order valence-electron chi connectivity index (χ4n) is 11.0. The summed E-state index contributed by atoms with van der Waals surface area (Å²) >= 11 is 0. The summed E-state index contributed by atoms with van der Waals surface area (Å²) in [5.41, 5.74) is 0. The van der Waals surface area contributed by atoms with Gasteiger partial charge in [0.15, 0.2) is 18.9 Å². The van der Waals surface area contributed by atoms with Crippen molar-refractivity contribution in [1.29, 1.82) is 0 Å². The van der Waals surface area contributed by atoms with Crippen LogP contribution >= 0.6 is 0 Å². The first-order valence-electron chi connectivity index (χ1n) is 32.7. The lowest BCUT2D eigenvalue weighted by atomic mass is 9.96. The molecule has 3 rings (SSSR count). The largest absolute Gasteiger partial charge is 0.394 e. The third-order valence-electron chi connectivity index (χ3n) is 16.4. The number of hydrogen-bond donors (Lipinski definition) is 12. The number of rotatable bonds is 49. The Morgan fingerprint density at radius 3 is 1.19 bits per heavy atom. The number of unbranched alkanes of at least 4 members (excludes halogenated alkanes) is 29. The highest BCUT2D eigenvalue weighted by Gasteiger charge is 2.53. The Bertz CT molecular complexity index is 1660.